The van der Waals surface area contributed by atoms with Crippen LogP contribution in [0.2, 0.25) is 0 Å². The predicted molar refractivity (Wildman–Crippen MR) is 67.3 cm³/mol. The van der Waals surface area contributed by atoms with Crippen LogP contribution in [0.1, 0.15) is 51.4 Å². The molecular formula is C13H21N3O2. The van der Waals surface area contributed by atoms with E-state index in [0.717, 1.165) is 51.6 Å². The van der Waals surface area contributed by atoms with Crippen molar-refractivity contribution in [2.24, 2.45) is 16.1 Å². The molecule has 0 aromatic rings. The number of nitrogens with zero attached hydrogens (tertiary/aromatic N) is 3. The number of carbonyl (C=O) groups is 2. The normalized spacial score (nSPS) is 22.3. The number of hydrogen-bond donors (Lipinski definition) is 0. The molecule has 1 heterocycles. The second-order valence-corrected chi connectivity index (χ2v) is 5.20. The topological polar surface area (TPSA) is 62.1 Å². The number of carbonyl (C=O) groups excluding carboxylic acids is 2. The molecule has 1 saturated carbocycles. The third-order valence-electron chi connectivity index (χ3n) is 3.82. The van der Waals surface area contributed by atoms with Crippen LogP contribution in [-0.4, -0.2) is 29.9 Å². The number of likely N-dealkylation sites (tertiary alicyclic amines) is 1. The van der Waals surface area contributed by atoms with Gasteiger partial charge in [-0.05, 0) is 32.1 Å². The molecule has 1 saturated heterocycles. The number of amides is 3. The molecule has 0 aromatic carbocycles. The lowest BCUT2D eigenvalue weighted by Gasteiger charge is -2.24. The van der Waals surface area contributed by atoms with Crippen molar-refractivity contribution in [1.29, 1.82) is 0 Å². The average molecular weight is 251 g/mol. The summed E-state index contributed by atoms with van der Waals surface area (Å²) in [6.45, 7) is 1.49. The van der Waals surface area contributed by atoms with Gasteiger partial charge in [-0.1, -0.05) is 24.4 Å². The van der Waals surface area contributed by atoms with Crippen LogP contribution in [0.4, 0.5) is 4.79 Å². The molecule has 0 aromatic heterocycles. The summed E-state index contributed by atoms with van der Waals surface area (Å²) >= 11 is 0. The molecule has 18 heavy (non-hydrogen) atoms. The first kappa shape index (κ1) is 13.2. The highest BCUT2D eigenvalue weighted by Crippen LogP contribution is 2.24. The van der Waals surface area contributed by atoms with E-state index in [4.69, 9.17) is 0 Å². The Balaban J connectivity index is 1.81. The van der Waals surface area contributed by atoms with Gasteiger partial charge in [0, 0.05) is 19.0 Å². The maximum Gasteiger partial charge on any atom is 0.362 e. The van der Waals surface area contributed by atoms with Crippen LogP contribution in [0.15, 0.2) is 10.2 Å². The molecule has 1 aliphatic carbocycles. The largest absolute Gasteiger partial charge is 0.362 e. The summed E-state index contributed by atoms with van der Waals surface area (Å²) in [7, 11) is 0. The van der Waals surface area contributed by atoms with Crippen LogP contribution in [0.25, 0.3) is 0 Å². The van der Waals surface area contributed by atoms with Crippen molar-refractivity contribution in [2.45, 2.75) is 51.4 Å². The molecule has 2 rings (SSSR count). The Morgan fingerprint density at radius 3 is 2.11 bits per heavy atom. The Hall–Kier alpha value is -1.26. The van der Waals surface area contributed by atoms with Gasteiger partial charge in [-0.3, -0.25) is 4.79 Å². The lowest BCUT2D eigenvalue weighted by atomic mass is 9.89. The van der Waals surface area contributed by atoms with Crippen molar-refractivity contribution in [3.05, 3.63) is 0 Å². The standard InChI is InChI=1S/C13H21N3O2/c17-12(11-7-3-1-4-8-11)14-15-13(18)16-9-5-2-6-10-16/h11H,1-10H2/b15-14+. The molecule has 5 nitrogen and oxygen atoms in total. The third kappa shape index (κ3) is 3.62. The van der Waals surface area contributed by atoms with E-state index in [1.807, 2.05) is 0 Å². The predicted octanol–water partition coefficient (Wildman–Crippen LogP) is 3.15. The molecule has 0 spiro atoms. The number of urea groups is 1. The van der Waals surface area contributed by atoms with E-state index in [9.17, 15) is 9.59 Å². The van der Waals surface area contributed by atoms with Crippen molar-refractivity contribution in [2.75, 3.05) is 13.1 Å². The van der Waals surface area contributed by atoms with Gasteiger partial charge >= 0.3 is 6.03 Å². The van der Waals surface area contributed by atoms with E-state index < -0.39 is 0 Å². The van der Waals surface area contributed by atoms with Crippen LogP contribution in [0.5, 0.6) is 0 Å². The van der Waals surface area contributed by atoms with Crippen molar-refractivity contribution in [3.8, 4) is 0 Å². The second kappa shape index (κ2) is 6.61. The van der Waals surface area contributed by atoms with Crippen molar-refractivity contribution >= 4 is 11.9 Å². The number of rotatable bonds is 1. The van der Waals surface area contributed by atoms with Gasteiger partial charge in [-0.25, -0.2) is 4.79 Å². The fraction of sp³-hybridized carbons (Fsp3) is 0.846. The van der Waals surface area contributed by atoms with Crippen molar-refractivity contribution in [3.63, 3.8) is 0 Å². The average Bonchev–Trinajstić information content (AvgIpc) is 2.46. The van der Waals surface area contributed by atoms with Crippen LogP contribution in [0.3, 0.4) is 0 Å². The van der Waals surface area contributed by atoms with Gasteiger partial charge in [0.05, 0.1) is 0 Å². The van der Waals surface area contributed by atoms with Gasteiger partial charge in [-0.2, -0.15) is 0 Å². The van der Waals surface area contributed by atoms with Crippen LogP contribution >= 0.6 is 0 Å². The zero-order chi connectivity index (χ0) is 12.8. The molecule has 0 bridgehead atoms. The van der Waals surface area contributed by atoms with Gasteiger partial charge in [0.1, 0.15) is 0 Å². The fourth-order valence-corrected chi connectivity index (χ4v) is 2.67. The minimum absolute atomic E-state index is 0.00310. The van der Waals surface area contributed by atoms with E-state index >= 15 is 0 Å². The van der Waals surface area contributed by atoms with Gasteiger partial charge < -0.3 is 4.90 Å². The second-order valence-electron chi connectivity index (χ2n) is 5.20. The summed E-state index contributed by atoms with van der Waals surface area (Å²) in [5, 5.41) is 7.20. The third-order valence-corrected chi connectivity index (χ3v) is 3.82. The van der Waals surface area contributed by atoms with Gasteiger partial charge in [0.15, 0.2) is 0 Å². The summed E-state index contributed by atoms with van der Waals surface area (Å²) in [6.07, 6.45) is 8.40. The van der Waals surface area contributed by atoms with E-state index in [1.165, 1.54) is 12.8 Å². The van der Waals surface area contributed by atoms with Crippen molar-refractivity contribution < 1.29 is 9.59 Å². The first-order valence-electron chi connectivity index (χ1n) is 7.02. The molecule has 5 heteroatoms. The quantitative estimate of drug-likeness (QED) is 0.672. The van der Waals surface area contributed by atoms with Crippen molar-refractivity contribution in [1.82, 2.24) is 4.90 Å². The zero-order valence-electron chi connectivity index (χ0n) is 10.8. The molecule has 0 N–H and O–H groups in total. The van der Waals surface area contributed by atoms with Crippen LogP contribution in [-0.2, 0) is 4.79 Å². The van der Waals surface area contributed by atoms with Gasteiger partial charge in [0.25, 0.3) is 5.91 Å². The number of hydrogen-bond acceptors (Lipinski definition) is 2. The Morgan fingerprint density at radius 1 is 0.833 bits per heavy atom. The summed E-state index contributed by atoms with van der Waals surface area (Å²) in [4.78, 5) is 25.1. The Kier molecular flexibility index (Phi) is 4.84. The molecule has 0 unspecified atom stereocenters. The maximum atomic E-state index is 11.8. The molecule has 2 aliphatic rings. The van der Waals surface area contributed by atoms with Gasteiger partial charge in [0.2, 0.25) is 0 Å². The SMILES string of the molecule is O=C(/N=N/C(=O)N1CCCCC1)C1CCCCC1. The Morgan fingerprint density at radius 2 is 1.44 bits per heavy atom. The lowest BCUT2D eigenvalue weighted by Crippen LogP contribution is -2.33. The minimum atomic E-state index is -0.348. The zero-order valence-corrected chi connectivity index (χ0v) is 10.8. The van der Waals surface area contributed by atoms with Crippen LogP contribution in [0, 0.1) is 5.92 Å². The Bertz CT molecular complexity index is 297. The summed E-state index contributed by atoms with van der Waals surface area (Å²) in [5.41, 5.74) is 0. The molecule has 3 amide bonds. The minimum Gasteiger partial charge on any atom is -0.322 e. The fourth-order valence-electron chi connectivity index (χ4n) is 2.67. The number of azo groups is 1. The highest BCUT2D eigenvalue weighted by molar-refractivity contribution is 5.82. The van der Waals surface area contributed by atoms with E-state index in [1.54, 1.807) is 4.90 Å². The smallest absolute Gasteiger partial charge is 0.322 e. The molecule has 100 valence electrons. The molecule has 0 radical (unpaired) electrons. The molecule has 0 atom stereocenters. The molecular weight excluding hydrogens is 230 g/mol. The molecule has 1 aliphatic heterocycles. The number of piperidine rings is 1. The monoisotopic (exact) mass is 251 g/mol. The lowest BCUT2D eigenvalue weighted by molar-refractivity contribution is -0.123. The maximum absolute atomic E-state index is 11.8. The highest BCUT2D eigenvalue weighted by Gasteiger charge is 2.22. The summed E-state index contributed by atoms with van der Waals surface area (Å²) in [6, 6.07) is -0.348. The summed E-state index contributed by atoms with van der Waals surface area (Å²) in [5.74, 6) is -0.211. The first-order chi connectivity index (χ1) is 8.77. The Labute approximate surface area is 108 Å². The van der Waals surface area contributed by atoms with E-state index in [0.29, 0.717) is 0 Å². The molecule has 2 fully saturated rings. The van der Waals surface area contributed by atoms with Crippen LogP contribution < -0.4 is 0 Å². The van der Waals surface area contributed by atoms with Gasteiger partial charge in [-0.15, -0.1) is 5.11 Å². The highest BCUT2D eigenvalue weighted by atomic mass is 16.2. The van der Waals surface area contributed by atoms with E-state index in [-0.39, 0.29) is 17.9 Å². The van der Waals surface area contributed by atoms with E-state index in [2.05, 4.69) is 10.2 Å². The summed E-state index contributed by atoms with van der Waals surface area (Å²) < 4.78 is 0. The first-order valence-corrected chi connectivity index (χ1v) is 7.02.